The van der Waals surface area contributed by atoms with Crippen molar-refractivity contribution < 1.29 is 14.4 Å². The Balaban J connectivity index is 1.26. The lowest BCUT2D eigenvalue weighted by atomic mass is 10.1. The number of carbonyl (C=O) groups is 3. The Morgan fingerprint density at radius 2 is 1.52 bits per heavy atom. The molecule has 6 nitrogen and oxygen atoms in total. The van der Waals surface area contributed by atoms with Crippen LogP contribution in [0, 0.1) is 5.92 Å². The van der Waals surface area contributed by atoms with E-state index in [0.29, 0.717) is 50.7 Å². The van der Waals surface area contributed by atoms with Gasteiger partial charge in [-0.25, -0.2) is 0 Å². The zero-order valence-corrected chi connectivity index (χ0v) is 18.1. The molecule has 162 valence electrons. The zero-order chi connectivity index (χ0) is 21.8. The van der Waals surface area contributed by atoms with Gasteiger partial charge in [-0.2, -0.15) is 0 Å². The summed E-state index contributed by atoms with van der Waals surface area (Å²) in [5, 5.41) is 0.649. The number of likely N-dealkylation sites (tertiary alicyclic amines) is 1. The molecule has 0 spiro atoms. The molecule has 31 heavy (non-hydrogen) atoms. The molecule has 1 unspecified atom stereocenters. The van der Waals surface area contributed by atoms with Crippen LogP contribution >= 0.6 is 11.6 Å². The Labute approximate surface area is 187 Å². The van der Waals surface area contributed by atoms with E-state index >= 15 is 0 Å². The minimum Gasteiger partial charge on any atom is -0.339 e. The van der Waals surface area contributed by atoms with Gasteiger partial charge in [0.2, 0.25) is 17.7 Å². The molecule has 2 aromatic carbocycles. The summed E-state index contributed by atoms with van der Waals surface area (Å²) < 4.78 is 0. The van der Waals surface area contributed by atoms with E-state index in [9.17, 15) is 14.4 Å². The van der Waals surface area contributed by atoms with E-state index in [4.69, 9.17) is 11.6 Å². The van der Waals surface area contributed by atoms with Crippen LogP contribution in [0.3, 0.4) is 0 Å². The average Bonchev–Trinajstić information content (AvgIpc) is 3.15. The number of benzene rings is 2. The third-order valence-corrected chi connectivity index (χ3v) is 6.24. The fraction of sp³-hybridized carbons (Fsp3) is 0.375. The number of rotatable bonds is 5. The van der Waals surface area contributed by atoms with Gasteiger partial charge in [-0.15, -0.1) is 0 Å². The minimum absolute atomic E-state index is 0.0220. The molecule has 7 heteroatoms. The summed E-state index contributed by atoms with van der Waals surface area (Å²) in [6.45, 7) is 3.06. The van der Waals surface area contributed by atoms with Crippen LogP contribution in [0.25, 0.3) is 0 Å². The first-order valence-electron chi connectivity index (χ1n) is 10.6. The smallest absolute Gasteiger partial charge is 0.228 e. The molecule has 0 bridgehead atoms. The van der Waals surface area contributed by atoms with E-state index < -0.39 is 0 Å². The lowest BCUT2D eigenvalue weighted by Gasteiger charge is -2.36. The van der Waals surface area contributed by atoms with Crippen LogP contribution in [0.5, 0.6) is 0 Å². The summed E-state index contributed by atoms with van der Waals surface area (Å²) in [6.07, 6.45) is 0.595. The van der Waals surface area contributed by atoms with E-state index in [1.54, 1.807) is 26.8 Å². The van der Waals surface area contributed by atoms with Gasteiger partial charge in [-0.05, 0) is 23.3 Å². The van der Waals surface area contributed by atoms with Gasteiger partial charge in [0.15, 0.2) is 0 Å². The second kappa shape index (κ2) is 9.52. The van der Waals surface area contributed by atoms with Crippen molar-refractivity contribution in [3.8, 4) is 0 Å². The molecule has 2 saturated heterocycles. The molecule has 4 rings (SSSR count). The molecule has 1 atom stereocenters. The van der Waals surface area contributed by atoms with Crippen molar-refractivity contribution >= 4 is 29.3 Å². The molecule has 0 saturated carbocycles. The Bertz CT molecular complexity index is 940. The lowest BCUT2D eigenvalue weighted by molar-refractivity contribution is -0.141. The maximum Gasteiger partial charge on any atom is 0.228 e. The molecule has 2 fully saturated rings. The second-order valence-corrected chi connectivity index (χ2v) is 8.61. The molecular formula is C24H26ClN3O3. The van der Waals surface area contributed by atoms with Crippen LogP contribution in [-0.2, 0) is 27.3 Å². The van der Waals surface area contributed by atoms with Gasteiger partial charge >= 0.3 is 0 Å². The van der Waals surface area contributed by atoms with Crippen molar-refractivity contribution in [2.24, 2.45) is 5.92 Å². The topological polar surface area (TPSA) is 60.9 Å². The van der Waals surface area contributed by atoms with Crippen molar-refractivity contribution in [1.29, 1.82) is 0 Å². The number of carbonyl (C=O) groups excluding carboxylic acids is 3. The van der Waals surface area contributed by atoms with Gasteiger partial charge < -0.3 is 14.7 Å². The first kappa shape index (κ1) is 21.4. The van der Waals surface area contributed by atoms with Gasteiger partial charge in [0.05, 0.1) is 12.3 Å². The zero-order valence-electron chi connectivity index (χ0n) is 17.4. The molecule has 2 aliphatic heterocycles. The van der Waals surface area contributed by atoms with Gasteiger partial charge in [-0.1, -0.05) is 54.1 Å². The van der Waals surface area contributed by atoms with Crippen LogP contribution in [0.4, 0.5) is 0 Å². The van der Waals surface area contributed by atoms with Crippen molar-refractivity contribution in [3.63, 3.8) is 0 Å². The third kappa shape index (κ3) is 5.25. The Morgan fingerprint density at radius 3 is 2.19 bits per heavy atom. The van der Waals surface area contributed by atoms with Gasteiger partial charge in [-0.3, -0.25) is 14.4 Å². The van der Waals surface area contributed by atoms with E-state index in [2.05, 4.69) is 0 Å². The Morgan fingerprint density at radius 1 is 0.871 bits per heavy atom. The highest BCUT2D eigenvalue weighted by Crippen LogP contribution is 2.23. The van der Waals surface area contributed by atoms with E-state index in [1.165, 1.54) is 0 Å². The van der Waals surface area contributed by atoms with Crippen LogP contribution in [-0.4, -0.2) is 65.1 Å². The molecule has 0 aromatic heterocycles. The summed E-state index contributed by atoms with van der Waals surface area (Å²) in [7, 11) is 0. The summed E-state index contributed by atoms with van der Waals surface area (Å²) in [6, 6.07) is 17.1. The standard InChI is InChI=1S/C24H26ClN3O3/c25-21-8-6-18(7-9-21)14-22(29)26-10-12-27(13-11-26)24(31)20-15-23(30)28(17-20)16-19-4-2-1-3-5-19/h1-9,20H,10-17H2. The van der Waals surface area contributed by atoms with Crippen molar-refractivity contribution in [2.75, 3.05) is 32.7 Å². The summed E-state index contributed by atoms with van der Waals surface area (Å²) in [5.74, 6) is -0.195. The molecule has 0 N–H and O–H groups in total. The number of hydrogen-bond acceptors (Lipinski definition) is 3. The quantitative estimate of drug-likeness (QED) is 0.719. The van der Waals surface area contributed by atoms with E-state index in [0.717, 1.165) is 11.1 Å². The first-order valence-corrected chi connectivity index (χ1v) is 11.0. The molecule has 0 radical (unpaired) electrons. The molecule has 2 aromatic rings. The number of piperazine rings is 1. The SMILES string of the molecule is O=C(Cc1ccc(Cl)cc1)N1CCN(C(=O)C2CC(=O)N(Cc3ccccc3)C2)CC1. The summed E-state index contributed by atoms with van der Waals surface area (Å²) >= 11 is 5.90. The lowest BCUT2D eigenvalue weighted by Crippen LogP contribution is -2.52. The molecule has 2 heterocycles. The van der Waals surface area contributed by atoms with Crippen LogP contribution in [0.1, 0.15) is 17.5 Å². The maximum absolute atomic E-state index is 13.0. The normalized spacial score (nSPS) is 19.1. The van der Waals surface area contributed by atoms with Crippen molar-refractivity contribution in [2.45, 2.75) is 19.4 Å². The number of halogens is 1. The fourth-order valence-electron chi connectivity index (χ4n) is 4.22. The highest BCUT2D eigenvalue weighted by Gasteiger charge is 2.37. The number of amides is 3. The number of hydrogen-bond donors (Lipinski definition) is 0. The second-order valence-electron chi connectivity index (χ2n) is 8.17. The summed E-state index contributed by atoms with van der Waals surface area (Å²) in [5.41, 5.74) is 1.99. The average molecular weight is 440 g/mol. The van der Waals surface area contributed by atoms with Gasteiger partial charge in [0, 0.05) is 50.7 Å². The maximum atomic E-state index is 13.0. The highest BCUT2D eigenvalue weighted by atomic mass is 35.5. The number of nitrogens with zero attached hydrogens (tertiary/aromatic N) is 3. The molecular weight excluding hydrogens is 414 g/mol. The molecule has 3 amide bonds. The first-order chi connectivity index (χ1) is 15.0. The third-order valence-electron chi connectivity index (χ3n) is 5.99. The summed E-state index contributed by atoms with van der Waals surface area (Å²) in [4.78, 5) is 43.3. The Hall–Kier alpha value is -2.86. The van der Waals surface area contributed by atoms with Crippen molar-refractivity contribution in [1.82, 2.24) is 14.7 Å². The van der Waals surface area contributed by atoms with Crippen LogP contribution < -0.4 is 0 Å². The predicted octanol–water partition coefficient (Wildman–Crippen LogP) is 2.60. The van der Waals surface area contributed by atoms with E-state index in [-0.39, 0.29) is 30.1 Å². The minimum atomic E-state index is -0.299. The van der Waals surface area contributed by atoms with Gasteiger partial charge in [0.1, 0.15) is 0 Å². The molecule has 0 aliphatic carbocycles. The Kier molecular flexibility index (Phi) is 6.56. The van der Waals surface area contributed by atoms with Gasteiger partial charge in [0.25, 0.3) is 0 Å². The highest BCUT2D eigenvalue weighted by molar-refractivity contribution is 6.30. The molecule has 2 aliphatic rings. The van der Waals surface area contributed by atoms with Crippen LogP contribution in [0.2, 0.25) is 5.02 Å². The fourth-order valence-corrected chi connectivity index (χ4v) is 4.34. The van der Waals surface area contributed by atoms with E-state index in [1.807, 2.05) is 42.5 Å². The largest absolute Gasteiger partial charge is 0.339 e. The monoisotopic (exact) mass is 439 g/mol. The van der Waals surface area contributed by atoms with Crippen molar-refractivity contribution in [3.05, 3.63) is 70.7 Å². The predicted molar refractivity (Wildman–Crippen MR) is 118 cm³/mol. The van der Waals surface area contributed by atoms with Crippen LogP contribution in [0.15, 0.2) is 54.6 Å².